The van der Waals surface area contributed by atoms with Gasteiger partial charge in [0.25, 0.3) is 0 Å². The fourth-order valence-corrected chi connectivity index (χ4v) is 5.39. The summed E-state index contributed by atoms with van der Waals surface area (Å²) in [6.07, 6.45) is 2.41. The summed E-state index contributed by atoms with van der Waals surface area (Å²) in [5.74, 6) is -4.24. The molecule has 1 atom stereocenters. The fraction of sp³-hybridized carbons (Fsp3) is 0.0286. The van der Waals surface area contributed by atoms with Gasteiger partial charge in [0, 0.05) is 49.7 Å². The molecule has 3 aromatic carbocycles. The quantitative estimate of drug-likeness (QED) is 0.149. The molecule has 0 aliphatic heterocycles. The molecule has 1 aliphatic rings. The zero-order valence-corrected chi connectivity index (χ0v) is 25.3. The monoisotopic (exact) mass is 782 g/mol. The van der Waals surface area contributed by atoms with Crippen LogP contribution in [-0.2, 0) is 25.5 Å². The zero-order valence-electron chi connectivity index (χ0n) is 22.9. The molecule has 7 rings (SSSR count). The molecule has 0 saturated carbocycles. The minimum Gasteiger partial charge on any atom is -0.477 e. The fourth-order valence-electron chi connectivity index (χ4n) is 5.39. The molecule has 225 valence electrons. The van der Waals surface area contributed by atoms with Crippen molar-refractivity contribution in [3.63, 3.8) is 0 Å². The van der Waals surface area contributed by atoms with E-state index in [0.717, 1.165) is 35.5 Å². The first-order valence-electron chi connectivity index (χ1n) is 13.2. The number of aromatic carboxylic acids is 1. The number of nitrogens with zero attached hydrogens (tertiary/aromatic N) is 3. The predicted molar refractivity (Wildman–Crippen MR) is 153 cm³/mol. The summed E-state index contributed by atoms with van der Waals surface area (Å²) >= 11 is 0. The molecule has 3 aromatic heterocycles. The average Bonchev–Trinajstić information content (AvgIpc) is 3.33. The van der Waals surface area contributed by atoms with Gasteiger partial charge in [-0.25, -0.2) is 18.6 Å². The Bertz CT molecular complexity index is 1980. The van der Waals surface area contributed by atoms with Gasteiger partial charge in [0.2, 0.25) is 0 Å². The summed E-state index contributed by atoms with van der Waals surface area (Å²) in [7, 11) is 0. The number of hydrogen-bond donors (Lipinski definition) is 1. The van der Waals surface area contributed by atoms with E-state index in [1.54, 1.807) is 36.4 Å². The van der Waals surface area contributed by atoms with Gasteiger partial charge in [-0.05, 0) is 29.5 Å². The third-order valence-corrected chi connectivity index (χ3v) is 7.15. The summed E-state index contributed by atoms with van der Waals surface area (Å²) in [5.41, 5.74) is 2.03. The Hall–Kier alpha value is -5.05. The van der Waals surface area contributed by atoms with E-state index >= 15 is 4.39 Å². The molecule has 5 nitrogen and oxygen atoms in total. The summed E-state index contributed by atoms with van der Waals surface area (Å²) in [5, 5.41) is 8.32. The van der Waals surface area contributed by atoms with Crippen molar-refractivity contribution in [3.8, 4) is 22.4 Å². The number of carboxylic acid groups (broad SMARTS) is 1. The zero-order chi connectivity index (χ0) is 30.8. The molecular weight excluding hydrogens is 763 g/mol. The smallest absolute Gasteiger partial charge is 0.354 e. The molecule has 0 saturated heterocycles. The van der Waals surface area contributed by atoms with E-state index in [4.69, 9.17) is 10.1 Å². The maximum Gasteiger partial charge on any atom is 0.354 e. The second-order valence-corrected chi connectivity index (χ2v) is 9.71. The summed E-state index contributed by atoms with van der Waals surface area (Å²) in [6.45, 7) is 0. The Morgan fingerprint density at radius 3 is 2.24 bits per heavy atom. The van der Waals surface area contributed by atoms with Crippen molar-refractivity contribution in [2.75, 3.05) is 0 Å². The molecule has 0 bridgehead atoms. The van der Waals surface area contributed by atoms with Gasteiger partial charge in [-0.2, -0.15) is 24.3 Å². The third-order valence-electron chi connectivity index (χ3n) is 7.15. The number of pyridine rings is 3. The van der Waals surface area contributed by atoms with Crippen LogP contribution in [0.15, 0.2) is 109 Å². The molecule has 0 unspecified atom stereocenters. The van der Waals surface area contributed by atoms with Gasteiger partial charge in [-0.1, -0.05) is 59.7 Å². The second kappa shape index (κ2) is 12.9. The van der Waals surface area contributed by atoms with Crippen molar-refractivity contribution in [3.05, 3.63) is 173 Å². The van der Waals surface area contributed by atoms with Crippen LogP contribution in [0.5, 0.6) is 0 Å². The number of aromatic nitrogens is 3. The molecule has 0 spiro atoms. The summed E-state index contributed by atoms with van der Waals surface area (Å²) in [4.78, 5) is 22.6. The van der Waals surface area contributed by atoms with E-state index in [-0.39, 0.29) is 42.8 Å². The van der Waals surface area contributed by atoms with E-state index in [9.17, 15) is 18.0 Å². The molecule has 45 heavy (non-hydrogen) atoms. The first-order valence-corrected chi connectivity index (χ1v) is 13.2. The van der Waals surface area contributed by atoms with E-state index < -0.39 is 34.7 Å². The van der Waals surface area contributed by atoms with E-state index in [1.165, 1.54) is 12.3 Å². The molecule has 1 radical (unpaired) electrons. The number of rotatable bonds is 4. The van der Waals surface area contributed by atoms with Crippen LogP contribution in [0.3, 0.4) is 0 Å². The molecular formula is C35H19F4IrN3O2-2. The van der Waals surface area contributed by atoms with E-state index in [0.29, 0.717) is 16.8 Å². The predicted octanol–water partition coefficient (Wildman–Crippen LogP) is 7.44. The normalized spacial score (nSPS) is 14.3. The molecule has 10 heteroatoms. The van der Waals surface area contributed by atoms with E-state index in [2.05, 4.69) is 22.1 Å². The Balaban J connectivity index is 0.000000347. The molecule has 6 aromatic rings. The van der Waals surface area contributed by atoms with Gasteiger partial charge >= 0.3 is 5.97 Å². The second-order valence-electron chi connectivity index (χ2n) is 9.71. The van der Waals surface area contributed by atoms with Gasteiger partial charge in [0.15, 0.2) is 0 Å². The SMILES string of the molecule is Fc1c[c-]c(-c2cccc([C@]3(c4ncc(F)cc4F)c4[c-]cccc4-c4ccccc43)n2)c(F)c1.O=C(O)c1ccccn1.[Ir]. The van der Waals surface area contributed by atoms with Crippen LogP contribution in [0.2, 0.25) is 0 Å². The Morgan fingerprint density at radius 2 is 1.53 bits per heavy atom. The number of halogens is 4. The number of carboxylic acids is 1. The number of fused-ring (bicyclic) bond motifs is 3. The van der Waals surface area contributed by atoms with Crippen molar-refractivity contribution in [1.82, 2.24) is 15.0 Å². The molecule has 1 N–H and O–H groups in total. The first kappa shape index (κ1) is 31.4. The minimum atomic E-state index is -1.39. The first-order chi connectivity index (χ1) is 21.3. The van der Waals surface area contributed by atoms with Gasteiger partial charge in [0.1, 0.15) is 17.3 Å². The van der Waals surface area contributed by atoms with Gasteiger partial charge < -0.3 is 5.11 Å². The van der Waals surface area contributed by atoms with Crippen LogP contribution in [0.25, 0.3) is 22.4 Å². The summed E-state index contributed by atoms with van der Waals surface area (Å²) < 4.78 is 57.5. The van der Waals surface area contributed by atoms with Crippen LogP contribution in [-0.4, -0.2) is 26.0 Å². The van der Waals surface area contributed by atoms with Gasteiger partial charge in [-0.15, -0.1) is 23.3 Å². The van der Waals surface area contributed by atoms with Crippen molar-refractivity contribution < 1.29 is 47.6 Å². The number of benzene rings is 3. The van der Waals surface area contributed by atoms with Crippen molar-refractivity contribution in [2.24, 2.45) is 0 Å². The van der Waals surface area contributed by atoms with Crippen LogP contribution in [0.4, 0.5) is 17.6 Å². The van der Waals surface area contributed by atoms with Crippen molar-refractivity contribution >= 4 is 5.97 Å². The number of carbonyl (C=O) groups is 1. The largest absolute Gasteiger partial charge is 0.477 e. The van der Waals surface area contributed by atoms with Crippen LogP contribution in [0, 0.1) is 35.4 Å². The molecule has 3 heterocycles. The average molecular weight is 782 g/mol. The van der Waals surface area contributed by atoms with Crippen LogP contribution in [0.1, 0.15) is 33.0 Å². The molecule has 1 aliphatic carbocycles. The Morgan fingerprint density at radius 1 is 0.778 bits per heavy atom. The number of hydrogen-bond acceptors (Lipinski definition) is 4. The van der Waals surface area contributed by atoms with Gasteiger partial charge in [-0.3, -0.25) is 18.7 Å². The Labute approximate surface area is 268 Å². The standard InChI is InChI=1S/C29H14F4N2.C6H5NO2.Ir/c30-17-12-13-21(24(32)14-17)26-10-5-11-27(35-26)29(28-25(33)15-18(31)16-34-28)22-8-3-1-6-19(22)20-7-2-4-9-23(20)29;8-6(9)5-3-1-2-4-7-5;/h1-8,10-12,14-16H;1-4H,(H,8,9);/q-2;;/t29-;;/m1../s1. The summed E-state index contributed by atoms with van der Waals surface area (Å²) in [6, 6.07) is 30.9. The maximum atomic E-state index is 15.5. The topological polar surface area (TPSA) is 76.0 Å². The van der Waals surface area contributed by atoms with Gasteiger partial charge in [0.05, 0.1) is 17.3 Å². The van der Waals surface area contributed by atoms with Crippen LogP contribution >= 0.6 is 0 Å². The minimum absolute atomic E-state index is 0. The maximum absolute atomic E-state index is 15.5. The van der Waals surface area contributed by atoms with Crippen molar-refractivity contribution in [1.29, 1.82) is 0 Å². The van der Waals surface area contributed by atoms with E-state index in [1.807, 2.05) is 36.4 Å². The van der Waals surface area contributed by atoms with Crippen molar-refractivity contribution in [2.45, 2.75) is 5.41 Å². The third kappa shape index (κ3) is 5.66. The molecule has 0 amide bonds. The van der Waals surface area contributed by atoms with Crippen LogP contribution < -0.4 is 0 Å². The Kier molecular flexibility index (Phi) is 8.99. The molecule has 0 fully saturated rings.